The number of hydrogen-bond donors (Lipinski definition) is 1. The van der Waals surface area contributed by atoms with Crippen molar-refractivity contribution in [1.29, 1.82) is 0 Å². The number of allylic oxidation sites excluding steroid dienone is 8. The Bertz CT molecular complexity index is 1040. The summed E-state index contributed by atoms with van der Waals surface area (Å²) >= 11 is 0. The quantitative estimate of drug-likeness (QED) is 0.251. The van der Waals surface area contributed by atoms with Crippen LogP contribution in [0.2, 0.25) is 0 Å². The molecule has 0 bridgehead atoms. The van der Waals surface area contributed by atoms with E-state index in [0.717, 1.165) is 12.8 Å². The predicted molar refractivity (Wildman–Crippen MR) is 162 cm³/mol. The first-order valence-electron chi connectivity index (χ1n) is 15.7. The molecule has 0 saturated heterocycles. The standard InChI is InChI=1S/C36H53N/c1-6-10-12-16-26-36(25-15-11-7-2)33-18-14-13-17-31(33)32-24-23-30(27-34(32)36)37-29-21-19-28(20-22-29)35(5,8-3)9-4/h13-14,17-19,21,27,37H,6-12,15-16,20,22-26H2,1-5H3. The Morgan fingerprint density at radius 1 is 0.757 bits per heavy atom. The Morgan fingerprint density at radius 3 is 2.11 bits per heavy atom. The second-order valence-corrected chi connectivity index (χ2v) is 12.2. The second-order valence-electron chi connectivity index (χ2n) is 12.2. The minimum atomic E-state index is 0.209. The molecule has 0 heterocycles. The van der Waals surface area contributed by atoms with Gasteiger partial charge in [0.15, 0.2) is 0 Å². The van der Waals surface area contributed by atoms with Crippen molar-refractivity contribution in [2.24, 2.45) is 5.41 Å². The van der Waals surface area contributed by atoms with E-state index in [1.54, 1.807) is 27.8 Å². The molecule has 0 saturated carbocycles. The lowest BCUT2D eigenvalue weighted by atomic mass is 9.69. The summed E-state index contributed by atoms with van der Waals surface area (Å²) in [6.45, 7) is 11.8. The van der Waals surface area contributed by atoms with Gasteiger partial charge >= 0.3 is 0 Å². The molecule has 0 aliphatic heterocycles. The van der Waals surface area contributed by atoms with Gasteiger partial charge in [-0.1, -0.05) is 115 Å². The monoisotopic (exact) mass is 499 g/mol. The van der Waals surface area contributed by atoms with E-state index < -0.39 is 0 Å². The molecule has 1 atom stereocenters. The molecule has 0 radical (unpaired) electrons. The zero-order valence-corrected chi connectivity index (χ0v) is 24.6. The van der Waals surface area contributed by atoms with Crippen LogP contribution >= 0.6 is 0 Å². The summed E-state index contributed by atoms with van der Waals surface area (Å²) in [6.07, 6.45) is 26.5. The zero-order valence-electron chi connectivity index (χ0n) is 24.6. The predicted octanol–water partition coefficient (Wildman–Crippen LogP) is 10.9. The molecule has 0 aromatic heterocycles. The maximum Gasteiger partial charge on any atom is 0.0212 e. The highest BCUT2D eigenvalue weighted by Gasteiger charge is 2.44. The van der Waals surface area contributed by atoms with Gasteiger partial charge in [-0.3, -0.25) is 0 Å². The fourth-order valence-electron chi connectivity index (χ4n) is 7.19. The van der Waals surface area contributed by atoms with Gasteiger partial charge in [0, 0.05) is 16.8 Å². The summed E-state index contributed by atoms with van der Waals surface area (Å²) in [5.74, 6) is 0. The summed E-state index contributed by atoms with van der Waals surface area (Å²) in [6, 6.07) is 9.43. The van der Waals surface area contributed by atoms with E-state index in [4.69, 9.17) is 0 Å². The van der Waals surface area contributed by atoms with Crippen molar-refractivity contribution in [3.05, 3.63) is 76.2 Å². The molecule has 1 heteroatoms. The first-order chi connectivity index (χ1) is 18.0. The summed E-state index contributed by atoms with van der Waals surface area (Å²) in [4.78, 5) is 0. The van der Waals surface area contributed by atoms with E-state index in [9.17, 15) is 0 Å². The second kappa shape index (κ2) is 12.7. The number of rotatable bonds is 14. The molecular weight excluding hydrogens is 446 g/mol. The molecule has 0 spiro atoms. The van der Waals surface area contributed by atoms with E-state index in [0.29, 0.717) is 5.41 Å². The Labute approximate surface area is 228 Å². The highest BCUT2D eigenvalue weighted by atomic mass is 14.9. The van der Waals surface area contributed by atoms with Crippen molar-refractivity contribution in [2.45, 2.75) is 136 Å². The Hall–Kier alpha value is -2.02. The molecule has 0 amide bonds. The molecule has 0 fully saturated rings. The molecule has 1 N–H and O–H groups in total. The first-order valence-corrected chi connectivity index (χ1v) is 15.7. The van der Waals surface area contributed by atoms with Crippen LogP contribution in [0, 0.1) is 5.41 Å². The van der Waals surface area contributed by atoms with Crippen LogP contribution in [0.3, 0.4) is 0 Å². The zero-order chi connectivity index (χ0) is 26.3. The minimum absolute atomic E-state index is 0.209. The number of fused-ring (bicyclic) bond motifs is 2. The third-order valence-corrected chi connectivity index (χ3v) is 10.0. The lowest BCUT2D eigenvalue weighted by Crippen LogP contribution is -2.28. The van der Waals surface area contributed by atoms with Crippen molar-refractivity contribution in [3.63, 3.8) is 0 Å². The average molecular weight is 500 g/mol. The molecule has 1 nitrogen and oxygen atoms in total. The van der Waals surface area contributed by atoms with Gasteiger partial charge in [-0.15, -0.1) is 0 Å². The molecular formula is C36H53N. The van der Waals surface area contributed by atoms with E-state index >= 15 is 0 Å². The van der Waals surface area contributed by atoms with Gasteiger partial charge in [0.25, 0.3) is 0 Å². The highest BCUT2D eigenvalue weighted by molar-refractivity contribution is 5.84. The highest BCUT2D eigenvalue weighted by Crippen LogP contribution is 2.55. The molecule has 3 aliphatic carbocycles. The Balaban J connectivity index is 1.63. The first kappa shape index (κ1) is 28.0. The summed E-state index contributed by atoms with van der Waals surface area (Å²) < 4.78 is 0. The van der Waals surface area contributed by atoms with Gasteiger partial charge in [-0.2, -0.15) is 0 Å². The fraction of sp³-hybridized carbons (Fsp3) is 0.611. The van der Waals surface area contributed by atoms with Crippen LogP contribution in [-0.2, 0) is 5.41 Å². The van der Waals surface area contributed by atoms with Crippen molar-refractivity contribution in [1.82, 2.24) is 5.32 Å². The van der Waals surface area contributed by atoms with Gasteiger partial charge in [0.1, 0.15) is 0 Å². The third kappa shape index (κ3) is 5.86. The molecule has 3 aliphatic rings. The van der Waals surface area contributed by atoms with E-state index in [2.05, 4.69) is 82.4 Å². The maximum atomic E-state index is 3.93. The van der Waals surface area contributed by atoms with Crippen LogP contribution < -0.4 is 5.32 Å². The van der Waals surface area contributed by atoms with Gasteiger partial charge < -0.3 is 5.32 Å². The lowest BCUT2D eigenvalue weighted by Gasteiger charge is -2.35. The van der Waals surface area contributed by atoms with E-state index in [1.807, 2.05) is 0 Å². The molecule has 1 aromatic rings. The van der Waals surface area contributed by atoms with Crippen LogP contribution in [0.1, 0.15) is 142 Å². The minimum Gasteiger partial charge on any atom is -0.362 e. The van der Waals surface area contributed by atoms with Gasteiger partial charge in [-0.25, -0.2) is 0 Å². The summed E-state index contributed by atoms with van der Waals surface area (Å²) in [5.41, 5.74) is 11.6. The largest absolute Gasteiger partial charge is 0.362 e. The van der Waals surface area contributed by atoms with E-state index in [1.165, 1.54) is 94.9 Å². The van der Waals surface area contributed by atoms with E-state index in [-0.39, 0.29) is 5.41 Å². The topological polar surface area (TPSA) is 12.0 Å². The summed E-state index contributed by atoms with van der Waals surface area (Å²) in [7, 11) is 0. The van der Waals surface area contributed by atoms with Crippen LogP contribution in [0.15, 0.2) is 65.0 Å². The fourth-order valence-corrected chi connectivity index (χ4v) is 7.19. The number of unbranched alkanes of at least 4 members (excludes halogenated alkanes) is 5. The van der Waals surface area contributed by atoms with Crippen molar-refractivity contribution >= 4 is 5.57 Å². The lowest BCUT2D eigenvalue weighted by molar-refractivity contribution is 0.353. The Morgan fingerprint density at radius 2 is 1.43 bits per heavy atom. The van der Waals surface area contributed by atoms with Gasteiger partial charge in [0.2, 0.25) is 0 Å². The van der Waals surface area contributed by atoms with Crippen molar-refractivity contribution in [3.8, 4) is 0 Å². The van der Waals surface area contributed by atoms with Gasteiger partial charge in [0.05, 0.1) is 0 Å². The normalized spacial score (nSPS) is 21.3. The van der Waals surface area contributed by atoms with Crippen molar-refractivity contribution < 1.29 is 0 Å². The van der Waals surface area contributed by atoms with Crippen molar-refractivity contribution in [2.75, 3.05) is 0 Å². The summed E-state index contributed by atoms with van der Waals surface area (Å²) in [5, 5.41) is 3.93. The smallest absolute Gasteiger partial charge is 0.0212 e. The SMILES string of the molecule is CCCCCCC1(CCCCC)C2=C(CCC(NC3=CC=C(C(C)(CC)CC)CC3)=C2)c2ccccc21. The molecule has 202 valence electrons. The van der Waals surface area contributed by atoms with Crippen LogP contribution in [0.25, 0.3) is 5.57 Å². The molecule has 37 heavy (non-hydrogen) atoms. The molecule has 1 aromatic carbocycles. The number of nitrogens with one attached hydrogen (secondary N) is 1. The number of hydrogen-bond acceptors (Lipinski definition) is 1. The average Bonchev–Trinajstić information content (AvgIpc) is 3.20. The van der Waals surface area contributed by atoms with Gasteiger partial charge in [-0.05, 0) is 91.2 Å². The molecule has 4 rings (SSSR count). The third-order valence-electron chi connectivity index (χ3n) is 10.0. The van der Waals surface area contributed by atoms with Crippen LogP contribution in [0.5, 0.6) is 0 Å². The van der Waals surface area contributed by atoms with Crippen LogP contribution in [-0.4, -0.2) is 0 Å². The number of benzene rings is 1. The Kier molecular flexibility index (Phi) is 9.60. The van der Waals surface area contributed by atoms with Crippen LogP contribution in [0.4, 0.5) is 0 Å². The molecule has 1 unspecified atom stereocenters. The maximum absolute atomic E-state index is 3.93.